The fourth-order valence-corrected chi connectivity index (χ4v) is 20.8. The summed E-state index contributed by atoms with van der Waals surface area (Å²) in [5, 5.41) is 2.23. The van der Waals surface area contributed by atoms with E-state index in [9.17, 15) is 0 Å². The summed E-state index contributed by atoms with van der Waals surface area (Å²) >= 11 is 0. The first-order valence-electron chi connectivity index (χ1n) is 41.6. The lowest BCUT2D eigenvalue weighted by atomic mass is 9.67. The van der Waals surface area contributed by atoms with Gasteiger partial charge in [0.1, 0.15) is 5.58 Å². The minimum Gasteiger partial charge on any atom is -0.454 e. The fourth-order valence-electron chi connectivity index (χ4n) is 20.8. The Kier molecular flexibility index (Phi) is 20.4. The molecule has 1 heterocycles. The van der Waals surface area contributed by atoms with Crippen LogP contribution < -0.4 is 9.80 Å². The lowest BCUT2D eigenvalue weighted by Crippen LogP contribution is -2.28. The van der Waals surface area contributed by atoms with E-state index < -0.39 is 10.8 Å². The van der Waals surface area contributed by atoms with Gasteiger partial charge in [0.2, 0.25) is 0 Å². The van der Waals surface area contributed by atoms with E-state index in [0.29, 0.717) is 0 Å². The van der Waals surface area contributed by atoms with Crippen molar-refractivity contribution in [1.82, 2.24) is 0 Å². The zero-order valence-corrected chi connectivity index (χ0v) is 66.9. The summed E-state index contributed by atoms with van der Waals surface area (Å²) in [6, 6.07) is 161. The third-order valence-corrected chi connectivity index (χ3v) is 26.3. The Morgan fingerprint density at radius 2 is 0.520 bits per heavy atom. The second-order valence-corrected chi connectivity index (χ2v) is 33.3. The molecule has 596 valence electrons. The molecule has 123 heavy (non-hydrogen) atoms. The molecule has 0 saturated heterocycles. The highest BCUT2D eigenvalue weighted by Gasteiger charge is 2.48. The average molecular weight is 1590 g/mol. The van der Waals surface area contributed by atoms with E-state index in [1.807, 2.05) is 6.07 Å². The second kappa shape index (κ2) is 31.5. The zero-order chi connectivity index (χ0) is 79.6. The van der Waals surface area contributed by atoms with Crippen LogP contribution in [0.15, 0.2) is 441 Å². The molecule has 3 nitrogen and oxygen atoms in total. The summed E-state index contributed by atoms with van der Waals surface area (Å²) < 4.78 is 6.70. The van der Waals surface area contributed by atoms with Crippen LogP contribution in [-0.4, -0.2) is 0 Å². The van der Waals surface area contributed by atoms with Gasteiger partial charge in [-0.25, -0.2) is 0 Å². The number of para-hydroxylation sites is 2. The van der Waals surface area contributed by atoms with Crippen LogP contribution in [0.25, 0.3) is 99.8 Å². The largest absolute Gasteiger partial charge is 0.454 e. The smallest absolute Gasteiger partial charge is 0.159 e. The Morgan fingerprint density at radius 1 is 0.203 bits per heavy atom. The van der Waals surface area contributed by atoms with Crippen LogP contribution in [0.5, 0.6) is 0 Å². The first-order valence-corrected chi connectivity index (χ1v) is 41.6. The standard InChI is InChI=1S/C58H41NO.C58H43N.4CH4/c1-57(2)50-24-12-9-20-44(50)46-34-33-43(37-53(46)57)59(54-26-15-23-48-47-22-11-14-27-55(47)60-56(48)54)42-31-28-38(29-32-42)39-30-35-52-49(36-39)45-21-10-13-25-51(45)58(52,40-16-5-3-6-17-40)41-18-7-4-8-19-41;1-57(2)51-25-14-13-24-49(51)56-54(57)27-16-28-55(56)59(46-34-29-41(30-35-46)40-17-6-3-7-18-40)47-36-31-42(32-37-47)43-33-38-53-50(39-43)48-23-12-15-26-52(48)58(53,44-19-8-4-9-20-44)45-21-10-5-11-22-45;;;;/h3-37H,1-2H3;3-39H,1-2H3;4*1H4. The number of rotatable bonds is 13. The zero-order valence-electron chi connectivity index (χ0n) is 66.9. The van der Waals surface area contributed by atoms with Crippen LogP contribution in [0.1, 0.15) is 124 Å². The first kappa shape index (κ1) is 79.5. The Balaban J connectivity index is 0.000000162. The Morgan fingerprint density at radius 3 is 1.01 bits per heavy atom. The van der Waals surface area contributed by atoms with Crippen LogP contribution >= 0.6 is 0 Å². The van der Waals surface area contributed by atoms with Gasteiger partial charge in [-0.15, -0.1) is 0 Å². The molecule has 4 aliphatic carbocycles. The Bertz CT molecular complexity index is 7050. The van der Waals surface area contributed by atoms with Crippen molar-refractivity contribution in [3.8, 4) is 77.9 Å². The molecule has 1 aromatic heterocycles. The van der Waals surface area contributed by atoms with Crippen LogP contribution in [0.2, 0.25) is 0 Å². The van der Waals surface area contributed by atoms with Gasteiger partial charge in [-0.3, -0.25) is 0 Å². The van der Waals surface area contributed by atoms with E-state index in [2.05, 4.69) is 468 Å². The highest BCUT2D eigenvalue weighted by molar-refractivity contribution is 6.10. The Labute approximate surface area is 725 Å². The molecule has 0 N–H and O–H groups in total. The van der Waals surface area contributed by atoms with Gasteiger partial charge in [0.15, 0.2) is 5.58 Å². The van der Waals surface area contributed by atoms with Gasteiger partial charge < -0.3 is 14.2 Å². The van der Waals surface area contributed by atoms with Crippen molar-refractivity contribution in [2.24, 2.45) is 0 Å². The molecule has 4 aliphatic rings. The molecule has 0 saturated carbocycles. The van der Waals surface area contributed by atoms with Crippen LogP contribution in [-0.2, 0) is 21.7 Å². The molecule has 0 unspecified atom stereocenters. The van der Waals surface area contributed by atoms with E-state index >= 15 is 0 Å². The molecule has 0 spiro atoms. The molecular formula is C120H100N2O. The van der Waals surface area contributed by atoms with Gasteiger partial charge in [0, 0.05) is 49.9 Å². The second-order valence-electron chi connectivity index (χ2n) is 33.3. The molecule has 3 heteroatoms. The van der Waals surface area contributed by atoms with Crippen molar-refractivity contribution in [2.45, 2.75) is 79.1 Å². The number of furan rings is 1. The van der Waals surface area contributed by atoms with E-state index in [4.69, 9.17) is 4.42 Å². The predicted molar refractivity (Wildman–Crippen MR) is 522 cm³/mol. The molecule has 0 radical (unpaired) electrons. The molecule has 0 atom stereocenters. The van der Waals surface area contributed by atoms with Crippen molar-refractivity contribution in [1.29, 1.82) is 0 Å². The van der Waals surface area contributed by atoms with Gasteiger partial charge in [-0.1, -0.05) is 415 Å². The molecule has 18 aromatic carbocycles. The van der Waals surface area contributed by atoms with Gasteiger partial charge in [-0.05, 0) is 218 Å². The number of hydrogen-bond acceptors (Lipinski definition) is 3. The minimum absolute atomic E-state index is 0. The number of hydrogen-bond donors (Lipinski definition) is 0. The summed E-state index contributed by atoms with van der Waals surface area (Å²) in [5.74, 6) is 0. The van der Waals surface area contributed by atoms with Crippen LogP contribution in [0.4, 0.5) is 34.1 Å². The van der Waals surface area contributed by atoms with Crippen LogP contribution in [0, 0.1) is 0 Å². The minimum atomic E-state index is -0.416. The number of fused-ring (bicyclic) bond motifs is 15. The highest BCUT2D eigenvalue weighted by Crippen LogP contribution is 2.61. The molecule has 0 aliphatic heterocycles. The lowest BCUT2D eigenvalue weighted by Gasteiger charge is -2.33. The predicted octanol–water partition coefficient (Wildman–Crippen LogP) is 33.1. The van der Waals surface area contributed by atoms with E-state index in [-0.39, 0.29) is 40.5 Å². The van der Waals surface area contributed by atoms with E-state index in [1.54, 1.807) is 0 Å². The van der Waals surface area contributed by atoms with E-state index in [1.165, 1.54) is 150 Å². The maximum Gasteiger partial charge on any atom is 0.159 e. The summed E-state index contributed by atoms with van der Waals surface area (Å²) in [6.07, 6.45) is 0. The Hall–Kier alpha value is -14.6. The van der Waals surface area contributed by atoms with Gasteiger partial charge in [0.05, 0.1) is 22.2 Å². The quantitative estimate of drug-likeness (QED) is 0.115. The molecular weight excluding hydrogens is 1490 g/mol. The van der Waals surface area contributed by atoms with Crippen LogP contribution in [0.3, 0.4) is 0 Å². The fraction of sp³-hybridized carbons (Fsp3) is 0.100. The number of anilines is 6. The summed E-state index contributed by atoms with van der Waals surface area (Å²) in [6.45, 7) is 9.40. The highest BCUT2D eigenvalue weighted by atomic mass is 16.3. The topological polar surface area (TPSA) is 19.6 Å². The van der Waals surface area contributed by atoms with Crippen molar-refractivity contribution < 1.29 is 4.42 Å². The monoisotopic (exact) mass is 1580 g/mol. The lowest BCUT2D eigenvalue weighted by molar-refractivity contribution is 0.660. The number of nitrogens with zero attached hydrogens (tertiary/aromatic N) is 2. The van der Waals surface area contributed by atoms with Gasteiger partial charge in [-0.2, -0.15) is 0 Å². The summed E-state index contributed by atoms with van der Waals surface area (Å²) in [7, 11) is 0. The SMILES string of the molecule is C.C.C.C.CC1(C)c2ccccc2-c2c(N(c3ccc(-c4ccccc4)cc3)c3ccc(-c4ccc5c(c4)-c4ccccc4C5(c4ccccc4)c4ccccc4)cc3)cccc21.CC1(C)c2ccccc2-c2ccc(N(c3ccc(-c4ccc5c(c4)-c4ccccc4C5(c4ccccc4)c4ccccc4)cc3)c3cccc4c3oc3ccccc34)cc21. The van der Waals surface area contributed by atoms with Gasteiger partial charge >= 0.3 is 0 Å². The normalized spacial score (nSPS) is 13.5. The summed E-state index contributed by atoms with van der Waals surface area (Å²) in [5.41, 5.74) is 40.7. The molecule has 19 aromatic rings. The van der Waals surface area contributed by atoms with Crippen molar-refractivity contribution >= 4 is 56.1 Å². The molecule has 0 fully saturated rings. The third-order valence-electron chi connectivity index (χ3n) is 26.3. The first-order chi connectivity index (χ1) is 58.5. The van der Waals surface area contributed by atoms with Crippen molar-refractivity contribution in [3.63, 3.8) is 0 Å². The maximum absolute atomic E-state index is 6.70. The average Bonchev–Trinajstić information content (AvgIpc) is 1.55. The molecule has 0 bridgehead atoms. The van der Waals surface area contributed by atoms with E-state index in [0.717, 1.165) is 50.4 Å². The molecule has 23 rings (SSSR count). The molecule has 0 amide bonds. The maximum atomic E-state index is 6.70. The van der Waals surface area contributed by atoms with Crippen molar-refractivity contribution in [2.75, 3.05) is 9.80 Å². The summed E-state index contributed by atoms with van der Waals surface area (Å²) in [4.78, 5) is 4.82. The number of benzene rings is 18. The van der Waals surface area contributed by atoms with Crippen molar-refractivity contribution in [3.05, 3.63) is 504 Å². The van der Waals surface area contributed by atoms with Gasteiger partial charge in [0.25, 0.3) is 0 Å². The third kappa shape index (κ3) is 12.5.